The summed E-state index contributed by atoms with van der Waals surface area (Å²) < 4.78 is 0. The molecule has 1 unspecified atom stereocenters. The summed E-state index contributed by atoms with van der Waals surface area (Å²) in [5, 5.41) is 12.2. The number of halogens is 1. The molecule has 27 heavy (non-hydrogen) atoms. The van der Waals surface area contributed by atoms with Crippen molar-refractivity contribution in [1.29, 1.82) is 0 Å². The average Bonchev–Trinajstić information content (AvgIpc) is 2.70. The van der Waals surface area contributed by atoms with E-state index in [1.54, 1.807) is 12.1 Å². The second-order valence-electron chi connectivity index (χ2n) is 6.42. The zero-order valence-corrected chi connectivity index (χ0v) is 15.7. The van der Waals surface area contributed by atoms with Crippen LogP contribution in [0.2, 0.25) is 5.02 Å². The first-order valence-corrected chi connectivity index (χ1v) is 9.33. The Hall–Kier alpha value is -2.57. The van der Waals surface area contributed by atoms with Crippen LogP contribution in [0.1, 0.15) is 22.7 Å². The molecule has 0 saturated heterocycles. The molecule has 0 radical (unpaired) electrons. The molecule has 1 aliphatic heterocycles. The first-order chi connectivity index (χ1) is 13.1. The second-order valence-corrected chi connectivity index (χ2v) is 6.86. The summed E-state index contributed by atoms with van der Waals surface area (Å²) in [5.41, 5.74) is 3.47. The molecule has 6 nitrogen and oxygen atoms in total. The van der Waals surface area contributed by atoms with Crippen molar-refractivity contribution in [2.45, 2.75) is 19.0 Å². The molecule has 3 rings (SSSR count). The van der Waals surface area contributed by atoms with E-state index in [0.29, 0.717) is 18.1 Å². The molecule has 7 heteroatoms. The normalized spacial score (nSPS) is 15.5. The highest BCUT2D eigenvalue weighted by Gasteiger charge is 2.19. The summed E-state index contributed by atoms with van der Waals surface area (Å²) in [4.78, 5) is 23.8. The number of nitrogens with one attached hydrogen (secondary N) is 4. The van der Waals surface area contributed by atoms with Crippen LogP contribution in [0.15, 0.2) is 48.5 Å². The Morgan fingerprint density at radius 2 is 1.81 bits per heavy atom. The first kappa shape index (κ1) is 19.2. The molecule has 0 fully saturated rings. The Bertz CT molecular complexity index is 795. The fourth-order valence-corrected chi connectivity index (χ4v) is 3.19. The van der Waals surface area contributed by atoms with Gasteiger partial charge in [-0.2, -0.15) is 0 Å². The lowest BCUT2D eigenvalue weighted by molar-refractivity contribution is -0.120. The molecule has 0 bridgehead atoms. The lowest BCUT2D eigenvalue weighted by Crippen LogP contribution is -2.44. The number of fused-ring (bicyclic) bond motifs is 1. The van der Waals surface area contributed by atoms with E-state index in [1.807, 2.05) is 24.3 Å². The van der Waals surface area contributed by atoms with Crippen LogP contribution in [0.4, 0.5) is 4.79 Å². The second kappa shape index (κ2) is 9.39. The van der Waals surface area contributed by atoms with Crippen LogP contribution in [-0.4, -0.2) is 31.6 Å². The van der Waals surface area contributed by atoms with Gasteiger partial charge in [-0.3, -0.25) is 4.79 Å². The van der Waals surface area contributed by atoms with Gasteiger partial charge in [0, 0.05) is 24.2 Å². The minimum atomic E-state index is -0.388. The smallest absolute Gasteiger partial charge is 0.315 e. The van der Waals surface area contributed by atoms with Gasteiger partial charge in [0.1, 0.15) is 0 Å². The van der Waals surface area contributed by atoms with Crippen molar-refractivity contribution in [3.63, 3.8) is 0 Å². The SMILES string of the molecule is O=C(CNC(=O)NCc1ccc(Cl)cc1)NCC1NCCc2ccccc21. The van der Waals surface area contributed by atoms with Crippen LogP contribution in [0.3, 0.4) is 0 Å². The number of hydrogen-bond donors (Lipinski definition) is 4. The van der Waals surface area contributed by atoms with Crippen LogP contribution in [0.5, 0.6) is 0 Å². The third-order valence-corrected chi connectivity index (χ3v) is 4.75. The van der Waals surface area contributed by atoms with Crippen molar-refractivity contribution in [1.82, 2.24) is 21.3 Å². The molecule has 0 spiro atoms. The van der Waals surface area contributed by atoms with Crippen LogP contribution >= 0.6 is 11.6 Å². The van der Waals surface area contributed by atoms with Gasteiger partial charge in [-0.05, 0) is 41.8 Å². The van der Waals surface area contributed by atoms with Gasteiger partial charge in [0.2, 0.25) is 5.91 Å². The van der Waals surface area contributed by atoms with Crippen LogP contribution in [0.25, 0.3) is 0 Å². The molecular weight excluding hydrogens is 364 g/mol. The van der Waals surface area contributed by atoms with Gasteiger partial charge in [-0.25, -0.2) is 4.79 Å². The summed E-state index contributed by atoms with van der Waals surface area (Å²) >= 11 is 5.82. The van der Waals surface area contributed by atoms with Crippen molar-refractivity contribution < 1.29 is 9.59 Å². The van der Waals surface area contributed by atoms with E-state index in [-0.39, 0.29) is 24.5 Å². The molecule has 2 aromatic rings. The minimum absolute atomic E-state index is 0.0686. The number of amides is 3. The van der Waals surface area contributed by atoms with Gasteiger partial charge < -0.3 is 21.3 Å². The lowest BCUT2D eigenvalue weighted by atomic mass is 9.94. The summed E-state index contributed by atoms with van der Waals surface area (Å²) in [5.74, 6) is -0.221. The maximum Gasteiger partial charge on any atom is 0.315 e. The van der Waals surface area contributed by atoms with E-state index >= 15 is 0 Å². The maximum absolute atomic E-state index is 12.0. The maximum atomic E-state index is 12.0. The van der Waals surface area contributed by atoms with Crippen molar-refractivity contribution in [2.24, 2.45) is 0 Å². The quantitative estimate of drug-likeness (QED) is 0.614. The molecule has 0 saturated carbocycles. The van der Waals surface area contributed by atoms with Crippen molar-refractivity contribution in [3.05, 3.63) is 70.2 Å². The number of hydrogen-bond acceptors (Lipinski definition) is 3. The third-order valence-electron chi connectivity index (χ3n) is 4.49. The van der Waals surface area contributed by atoms with Crippen molar-refractivity contribution >= 4 is 23.5 Å². The third kappa shape index (κ3) is 5.70. The van der Waals surface area contributed by atoms with E-state index in [0.717, 1.165) is 18.5 Å². The van der Waals surface area contributed by atoms with E-state index < -0.39 is 0 Å². The highest BCUT2D eigenvalue weighted by molar-refractivity contribution is 6.30. The van der Waals surface area contributed by atoms with Gasteiger partial charge in [0.05, 0.1) is 6.54 Å². The van der Waals surface area contributed by atoms with E-state index in [4.69, 9.17) is 11.6 Å². The van der Waals surface area contributed by atoms with Crippen LogP contribution in [0, 0.1) is 0 Å². The Labute approximate surface area is 163 Å². The Balaban J connectivity index is 1.37. The number of rotatable bonds is 6. The fourth-order valence-electron chi connectivity index (χ4n) is 3.06. The van der Waals surface area contributed by atoms with Crippen LogP contribution in [-0.2, 0) is 17.8 Å². The largest absolute Gasteiger partial charge is 0.353 e. The highest BCUT2D eigenvalue weighted by atomic mass is 35.5. The number of urea groups is 1. The molecule has 142 valence electrons. The van der Waals surface area contributed by atoms with Gasteiger partial charge in [0.25, 0.3) is 0 Å². The van der Waals surface area contributed by atoms with E-state index in [9.17, 15) is 9.59 Å². The summed E-state index contributed by atoms with van der Waals surface area (Å²) in [6, 6.07) is 15.2. The van der Waals surface area contributed by atoms with Crippen molar-refractivity contribution in [3.8, 4) is 0 Å². The number of benzene rings is 2. The van der Waals surface area contributed by atoms with Crippen LogP contribution < -0.4 is 21.3 Å². The molecule has 1 atom stereocenters. The predicted octanol–water partition coefficient (Wildman–Crippen LogP) is 2.14. The van der Waals surface area contributed by atoms with E-state index in [2.05, 4.69) is 33.4 Å². The number of carbonyl (C=O) groups is 2. The summed E-state index contributed by atoms with van der Waals surface area (Å²) in [6.07, 6.45) is 0.996. The number of carbonyl (C=O) groups excluding carboxylic acids is 2. The zero-order chi connectivity index (χ0) is 19.1. The minimum Gasteiger partial charge on any atom is -0.353 e. The van der Waals surface area contributed by atoms with Gasteiger partial charge in [0.15, 0.2) is 0 Å². The molecule has 4 N–H and O–H groups in total. The Morgan fingerprint density at radius 1 is 1.04 bits per heavy atom. The summed E-state index contributed by atoms with van der Waals surface area (Å²) in [6.45, 7) is 1.68. The van der Waals surface area contributed by atoms with Crippen molar-refractivity contribution in [2.75, 3.05) is 19.6 Å². The zero-order valence-electron chi connectivity index (χ0n) is 14.9. The topological polar surface area (TPSA) is 82.3 Å². The molecular formula is C20H23ClN4O2. The standard InChI is InChI=1S/C20H23ClN4O2/c21-16-7-5-14(6-8-16)11-24-20(27)25-13-19(26)23-12-18-17-4-2-1-3-15(17)9-10-22-18/h1-8,18,22H,9-13H2,(H,23,26)(H2,24,25,27). The summed E-state index contributed by atoms with van der Waals surface area (Å²) in [7, 11) is 0. The average molecular weight is 387 g/mol. The molecule has 1 aliphatic rings. The predicted molar refractivity (Wildman–Crippen MR) is 106 cm³/mol. The molecule has 3 amide bonds. The van der Waals surface area contributed by atoms with E-state index in [1.165, 1.54) is 11.1 Å². The van der Waals surface area contributed by atoms with Gasteiger partial charge >= 0.3 is 6.03 Å². The first-order valence-electron chi connectivity index (χ1n) is 8.96. The van der Waals surface area contributed by atoms with Gasteiger partial charge in [-0.1, -0.05) is 48.0 Å². The fraction of sp³-hybridized carbons (Fsp3) is 0.300. The highest BCUT2D eigenvalue weighted by Crippen LogP contribution is 2.21. The molecule has 0 aliphatic carbocycles. The molecule has 0 aromatic heterocycles. The molecule has 1 heterocycles. The van der Waals surface area contributed by atoms with Gasteiger partial charge in [-0.15, -0.1) is 0 Å². The molecule has 2 aromatic carbocycles. The lowest BCUT2D eigenvalue weighted by Gasteiger charge is -2.27. The Kier molecular flexibility index (Phi) is 6.68. The Morgan fingerprint density at radius 3 is 2.63 bits per heavy atom. The monoisotopic (exact) mass is 386 g/mol.